The van der Waals surface area contributed by atoms with E-state index in [1.165, 1.54) is 38.5 Å². The Morgan fingerprint density at radius 1 is 1.29 bits per heavy atom. The third-order valence-corrected chi connectivity index (χ3v) is 4.11. The standard InChI is InChI=1S/C14H30N2O/c1-3-16(9-10-17-2)14(12-15)11-13-7-5-4-6-8-13/h13-14H,3-12,15H2,1-2H3. The highest BCUT2D eigenvalue weighted by Crippen LogP contribution is 2.28. The van der Waals surface area contributed by atoms with Gasteiger partial charge < -0.3 is 10.5 Å². The molecule has 3 nitrogen and oxygen atoms in total. The molecule has 0 spiro atoms. The van der Waals surface area contributed by atoms with Crippen LogP contribution in [0.15, 0.2) is 0 Å². The summed E-state index contributed by atoms with van der Waals surface area (Å²) in [6.45, 7) is 5.92. The maximum Gasteiger partial charge on any atom is 0.0589 e. The Labute approximate surface area is 107 Å². The van der Waals surface area contributed by atoms with E-state index in [0.717, 1.165) is 32.2 Å². The molecule has 0 aromatic rings. The zero-order valence-corrected chi connectivity index (χ0v) is 11.7. The highest BCUT2D eigenvalue weighted by molar-refractivity contribution is 4.77. The number of rotatable bonds is 8. The summed E-state index contributed by atoms with van der Waals surface area (Å²) in [5.41, 5.74) is 5.96. The number of hydrogen-bond acceptors (Lipinski definition) is 3. The molecule has 0 amide bonds. The van der Waals surface area contributed by atoms with E-state index in [2.05, 4.69) is 11.8 Å². The van der Waals surface area contributed by atoms with Gasteiger partial charge in [-0.2, -0.15) is 0 Å². The molecule has 1 fully saturated rings. The first-order chi connectivity index (χ1) is 8.31. The van der Waals surface area contributed by atoms with Crippen molar-refractivity contribution in [2.24, 2.45) is 11.7 Å². The predicted molar refractivity (Wildman–Crippen MR) is 73.2 cm³/mol. The lowest BCUT2D eigenvalue weighted by atomic mass is 9.84. The van der Waals surface area contributed by atoms with E-state index in [-0.39, 0.29) is 0 Å². The van der Waals surface area contributed by atoms with Crippen molar-refractivity contribution in [1.29, 1.82) is 0 Å². The molecule has 0 radical (unpaired) electrons. The van der Waals surface area contributed by atoms with Gasteiger partial charge in [0.1, 0.15) is 0 Å². The number of methoxy groups -OCH3 is 1. The van der Waals surface area contributed by atoms with Crippen LogP contribution in [0.2, 0.25) is 0 Å². The summed E-state index contributed by atoms with van der Waals surface area (Å²) < 4.78 is 5.18. The topological polar surface area (TPSA) is 38.5 Å². The molecule has 102 valence electrons. The van der Waals surface area contributed by atoms with E-state index in [1.807, 2.05) is 0 Å². The van der Waals surface area contributed by atoms with Crippen LogP contribution < -0.4 is 5.73 Å². The van der Waals surface area contributed by atoms with Crippen LogP contribution in [-0.2, 0) is 4.74 Å². The monoisotopic (exact) mass is 242 g/mol. The number of nitrogens with two attached hydrogens (primary N) is 1. The molecule has 17 heavy (non-hydrogen) atoms. The number of likely N-dealkylation sites (N-methyl/N-ethyl adjacent to an activating group) is 1. The summed E-state index contributed by atoms with van der Waals surface area (Å²) in [4.78, 5) is 2.48. The Morgan fingerprint density at radius 3 is 2.53 bits per heavy atom. The lowest BCUT2D eigenvalue weighted by Gasteiger charge is -2.33. The molecular formula is C14H30N2O. The fourth-order valence-electron chi connectivity index (χ4n) is 3.01. The van der Waals surface area contributed by atoms with E-state index in [9.17, 15) is 0 Å². The van der Waals surface area contributed by atoms with Crippen LogP contribution in [0.3, 0.4) is 0 Å². The molecule has 0 aromatic carbocycles. The molecule has 1 rings (SSSR count). The van der Waals surface area contributed by atoms with Crippen LogP contribution in [0.1, 0.15) is 45.4 Å². The Morgan fingerprint density at radius 2 is 2.00 bits per heavy atom. The molecule has 0 saturated heterocycles. The zero-order chi connectivity index (χ0) is 12.5. The first-order valence-electron chi connectivity index (χ1n) is 7.24. The second-order valence-electron chi connectivity index (χ2n) is 5.25. The van der Waals surface area contributed by atoms with E-state index in [1.54, 1.807) is 7.11 Å². The Kier molecular flexibility index (Phi) is 7.82. The number of nitrogens with zero attached hydrogens (tertiary/aromatic N) is 1. The first-order valence-corrected chi connectivity index (χ1v) is 7.24. The maximum absolute atomic E-state index is 5.96. The van der Waals surface area contributed by atoms with Crippen LogP contribution in [0.4, 0.5) is 0 Å². The van der Waals surface area contributed by atoms with Crippen molar-refractivity contribution in [1.82, 2.24) is 4.90 Å². The third-order valence-electron chi connectivity index (χ3n) is 4.11. The average molecular weight is 242 g/mol. The molecule has 1 atom stereocenters. The van der Waals surface area contributed by atoms with Crippen LogP contribution in [0.25, 0.3) is 0 Å². The number of ether oxygens (including phenoxy) is 1. The maximum atomic E-state index is 5.96. The molecule has 0 aliphatic heterocycles. The summed E-state index contributed by atoms with van der Waals surface area (Å²) >= 11 is 0. The lowest BCUT2D eigenvalue weighted by Crippen LogP contribution is -2.43. The van der Waals surface area contributed by atoms with Crippen LogP contribution in [0.5, 0.6) is 0 Å². The molecular weight excluding hydrogens is 212 g/mol. The summed E-state index contributed by atoms with van der Waals surface area (Å²) in [7, 11) is 1.77. The molecule has 0 heterocycles. The van der Waals surface area contributed by atoms with E-state index in [0.29, 0.717) is 6.04 Å². The number of hydrogen-bond donors (Lipinski definition) is 1. The second-order valence-corrected chi connectivity index (χ2v) is 5.25. The molecule has 1 aliphatic carbocycles. The lowest BCUT2D eigenvalue weighted by molar-refractivity contribution is 0.110. The van der Waals surface area contributed by atoms with Crippen molar-refractivity contribution in [2.75, 3.05) is 33.4 Å². The summed E-state index contributed by atoms with van der Waals surface area (Å²) in [5.74, 6) is 0.911. The Hall–Kier alpha value is -0.120. The van der Waals surface area contributed by atoms with Crippen molar-refractivity contribution in [3.05, 3.63) is 0 Å². The van der Waals surface area contributed by atoms with Gasteiger partial charge in [-0.15, -0.1) is 0 Å². The molecule has 3 heteroatoms. The summed E-state index contributed by atoms with van der Waals surface area (Å²) in [6.07, 6.45) is 8.40. The van der Waals surface area contributed by atoms with Crippen molar-refractivity contribution in [2.45, 2.75) is 51.5 Å². The third kappa shape index (κ3) is 5.36. The molecule has 1 aliphatic rings. The van der Waals surface area contributed by atoms with E-state index < -0.39 is 0 Å². The summed E-state index contributed by atoms with van der Waals surface area (Å²) in [5, 5.41) is 0. The van der Waals surface area contributed by atoms with Gasteiger partial charge in [-0.25, -0.2) is 0 Å². The molecule has 0 aromatic heterocycles. The molecule has 1 saturated carbocycles. The smallest absolute Gasteiger partial charge is 0.0589 e. The molecule has 0 bridgehead atoms. The second kappa shape index (κ2) is 8.90. The minimum absolute atomic E-state index is 0.554. The SMILES string of the molecule is CCN(CCOC)C(CN)CC1CCCCC1. The largest absolute Gasteiger partial charge is 0.383 e. The van der Waals surface area contributed by atoms with Gasteiger partial charge in [0.2, 0.25) is 0 Å². The Bertz CT molecular complexity index is 181. The van der Waals surface area contributed by atoms with Crippen LogP contribution >= 0.6 is 0 Å². The molecule has 2 N–H and O–H groups in total. The van der Waals surface area contributed by atoms with Crippen molar-refractivity contribution in [3.63, 3.8) is 0 Å². The minimum Gasteiger partial charge on any atom is -0.383 e. The van der Waals surface area contributed by atoms with Gasteiger partial charge in [0.25, 0.3) is 0 Å². The summed E-state index contributed by atoms with van der Waals surface area (Å²) in [6, 6.07) is 0.554. The van der Waals surface area contributed by atoms with E-state index in [4.69, 9.17) is 10.5 Å². The van der Waals surface area contributed by atoms with Gasteiger partial charge >= 0.3 is 0 Å². The highest BCUT2D eigenvalue weighted by Gasteiger charge is 2.21. The first kappa shape index (κ1) is 14.9. The van der Waals surface area contributed by atoms with Crippen molar-refractivity contribution < 1.29 is 4.74 Å². The van der Waals surface area contributed by atoms with Crippen molar-refractivity contribution >= 4 is 0 Å². The fraction of sp³-hybridized carbons (Fsp3) is 1.00. The van der Waals surface area contributed by atoms with Crippen LogP contribution in [-0.4, -0.2) is 44.3 Å². The molecule has 1 unspecified atom stereocenters. The zero-order valence-electron chi connectivity index (χ0n) is 11.7. The van der Waals surface area contributed by atoms with E-state index >= 15 is 0 Å². The fourth-order valence-corrected chi connectivity index (χ4v) is 3.01. The van der Waals surface area contributed by atoms with Gasteiger partial charge in [-0.3, -0.25) is 4.90 Å². The average Bonchev–Trinajstić information content (AvgIpc) is 2.39. The normalized spacial score (nSPS) is 19.8. The van der Waals surface area contributed by atoms with Crippen LogP contribution in [0, 0.1) is 5.92 Å². The Balaban J connectivity index is 2.37. The van der Waals surface area contributed by atoms with Gasteiger partial charge in [0.15, 0.2) is 0 Å². The van der Waals surface area contributed by atoms with Gasteiger partial charge in [-0.05, 0) is 18.9 Å². The quantitative estimate of drug-likeness (QED) is 0.709. The van der Waals surface area contributed by atoms with Gasteiger partial charge in [0, 0.05) is 26.2 Å². The van der Waals surface area contributed by atoms with Crippen molar-refractivity contribution in [3.8, 4) is 0 Å². The van der Waals surface area contributed by atoms with Gasteiger partial charge in [-0.1, -0.05) is 39.0 Å². The minimum atomic E-state index is 0.554. The van der Waals surface area contributed by atoms with Gasteiger partial charge in [0.05, 0.1) is 6.61 Å². The highest BCUT2D eigenvalue weighted by atomic mass is 16.5. The predicted octanol–water partition coefficient (Wildman–Crippen LogP) is 2.25.